The van der Waals surface area contributed by atoms with Crippen molar-refractivity contribution in [3.63, 3.8) is 0 Å². The lowest BCUT2D eigenvalue weighted by atomic mass is 9.52. The fourth-order valence-electron chi connectivity index (χ4n) is 5.32. The molecule has 0 aromatic heterocycles. The lowest BCUT2D eigenvalue weighted by molar-refractivity contribution is -0.180. The Kier molecular flexibility index (Phi) is 4.79. The molecule has 1 spiro atoms. The molecule has 2 saturated carbocycles. The maximum absolute atomic E-state index is 13.6. The average Bonchev–Trinajstić information content (AvgIpc) is 2.89. The molecule has 4 rings (SSSR count). The second-order valence-corrected chi connectivity index (χ2v) is 10.5. The number of nitrogens with zero attached hydrogens (tertiary/aromatic N) is 1. The second kappa shape index (κ2) is 6.44. The summed E-state index contributed by atoms with van der Waals surface area (Å²) in [6.45, 7) is 12.3. The zero-order chi connectivity index (χ0) is 22.0. The van der Waals surface area contributed by atoms with Gasteiger partial charge in [-0.1, -0.05) is 6.92 Å². The predicted octanol–water partition coefficient (Wildman–Crippen LogP) is 3.18. The Morgan fingerprint density at radius 2 is 1.62 bits per heavy atom. The van der Waals surface area contributed by atoms with Crippen molar-refractivity contribution in [1.82, 2.24) is 10.2 Å². The van der Waals surface area contributed by atoms with Gasteiger partial charge >= 0.3 is 12.2 Å². The molecule has 29 heavy (non-hydrogen) atoms. The number of piperidine rings is 2. The molecule has 2 aliphatic carbocycles. The molecule has 8 nitrogen and oxygen atoms in total. The third-order valence-corrected chi connectivity index (χ3v) is 6.24. The number of nitrogens with one attached hydrogen (secondary N) is 1. The third kappa shape index (κ3) is 3.20. The summed E-state index contributed by atoms with van der Waals surface area (Å²) in [5.41, 5.74) is -4.02. The number of hydrogen-bond acceptors (Lipinski definition) is 6. The Labute approximate surface area is 171 Å². The zero-order valence-corrected chi connectivity index (χ0v) is 18.4. The Hall–Kier alpha value is -2.12. The first-order valence-corrected chi connectivity index (χ1v) is 10.3. The molecule has 2 heterocycles. The summed E-state index contributed by atoms with van der Waals surface area (Å²) in [6.07, 6.45) is 0.252. The van der Waals surface area contributed by atoms with Crippen LogP contribution in [0.2, 0.25) is 0 Å². The molecule has 4 unspecified atom stereocenters. The monoisotopic (exact) mass is 408 g/mol. The Bertz CT molecular complexity index is 764. The van der Waals surface area contributed by atoms with Crippen LogP contribution in [0.4, 0.5) is 9.59 Å². The number of alkyl carbamates (subject to hydrolysis) is 1. The van der Waals surface area contributed by atoms with E-state index in [-0.39, 0.29) is 11.7 Å². The first kappa shape index (κ1) is 21.6. The van der Waals surface area contributed by atoms with Crippen molar-refractivity contribution < 1.29 is 28.7 Å². The number of carbonyl (C=O) groups is 4. The number of fused-ring (bicyclic) bond motifs is 2. The summed E-state index contributed by atoms with van der Waals surface area (Å²) in [5, 5.41) is 2.78. The van der Waals surface area contributed by atoms with E-state index in [9.17, 15) is 19.2 Å². The van der Waals surface area contributed by atoms with E-state index in [2.05, 4.69) is 5.32 Å². The van der Waals surface area contributed by atoms with Crippen molar-refractivity contribution in [3.8, 4) is 0 Å². The van der Waals surface area contributed by atoms with Gasteiger partial charge in [0.25, 0.3) is 0 Å². The summed E-state index contributed by atoms with van der Waals surface area (Å²) in [4.78, 5) is 53.6. The highest BCUT2D eigenvalue weighted by Crippen LogP contribution is 2.61. The van der Waals surface area contributed by atoms with E-state index in [0.717, 1.165) is 4.90 Å². The molecule has 0 aromatic carbocycles. The van der Waals surface area contributed by atoms with Gasteiger partial charge < -0.3 is 14.8 Å². The fourth-order valence-corrected chi connectivity index (χ4v) is 5.32. The van der Waals surface area contributed by atoms with Crippen molar-refractivity contribution in [1.29, 1.82) is 0 Å². The number of amides is 3. The van der Waals surface area contributed by atoms with Gasteiger partial charge in [0.05, 0.1) is 5.41 Å². The molecule has 0 radical (unpaired) electrons. The molecule has 8 heteroatoms. The maximum atomic E-state index is 13.6. The van der Waals surface area contributed by atoms with Crippen LogP contribution in [0.15, 0.2) is 0 Å². The number of imide groups is 1. The van der Waals surface area contributed by atoms with Crippen LogP contribution >= 0.6 is 0 Å². The van der Waals surface area contributed by atoms with Crippen LogP contribution in [0.25, 0.3) is 0 Å². The van der Waals surface area contributed by atoms with Crippen LogP contribution in [-0.2, 0) is 19.1 Å². The van der Waals surface area contributed by atoms with Gasteiger partial charge in [-0.15, -0.1) is 0 Å². The lowest BCUT2D eigenvalue weighted by Gasteiger charge is -2.59. The second-order valence-electron chi connectivity index (χ2n) is 10.5. The molecule has 0 aromatic rings. The molecule has 2 bridgehead atoms. The maximum Gasteiger partial charge on any atom is 0.417 e. The predicted molar refractivity (Wildman–Crippen MR) is 104 cm³/mol. The van der Waals surface area contributed by atoms with E-state index in [1.807, 2.05) is 6.92 Å². The number of carbonyl (C=O) groups excluding carboxylic acids is 4. The number of rotatable bonds is 1. The Balaban J connectivity index is 2.00. The van der Waals surface area contributed by atoms with Gasteiger partial charge in [0.15, 0.2) is 5.78 Å². The summed E-state index contributed by atoms with van der Waals surface area (Å²) >= 11 is 0. The van der Waals surface area contributed by atoms with Crippen LogP contribution in [0, 0.1) is 11.3 Å². The smallest absolute Gasteiger partial charge is 0.417 e. The Morgan fingerprint density at radius 3 is 2.17 bits per heavy atom. The summed E-state index contributed by atoms with van der Waals surface area (Å²) in [5.74, 6) is -0.887. The first-order valence-electron chi connectivity index (χ1n) is 10.3. The molecule has 3 amide bonds. The van der Waals surface area contributed by atoms with Crippen LogP contribution < -0.4 is 5.32 Å². The standard InChI is InChI=1S/C21H32N2O6/c1-12-11-13-14(24)21(22-16(26)28-18(2,3)4)10-8-9-20(12,21)15(25)23(13)17(27)29-19(5,6)7/h12-13H,8-11H2,1-7H3,(H,22,26). The summed E-state index contributed by atoms with van der Waals surface area (Å²) in [7, 11) is 0. The minimum Gasteiger partial charge on any atom is -0.444 e. The van der Waals surface area contributed by atoms with E-state index in [1.54, 1.807) is 41.5 Å². The highest BCUT2D eigenvalue weighted by Gasteiger charge is 2.76. The van der Waals surface area contributed by atoms with Crippen molar-refractivity contribution in [2.45, 2.75) is 96.9 Å². The van der Waals surface area contributed by atoms with E-state index in [0.29, 0.717) is 25.7 Å². The molecule has 1 N–H and O–H groups in total. The summed E-state index contributed by atoms with van der Waals surface area (Å²) in [6, 6.07) is -0.942. The molecule has 4 atom stereocenters. The zero-order valence-electron chi connectivity index (χ0n) is 18.4. The molecule has 4 aliphatic rings. The number of ether oxygens (including phenoxy) is 2. The van der Waals surface area contributed by atoms with Crippen LogP contribution in [0.3, 0.4) is 0 Å². The van der Waals surface area contributed by atoms with E-state index in [1.165, 1.54) is 0 Å². The lowest BCUT2D eigenvalue weighted by Crippen LogP contribution is -2.81. The van der Waals surface area contributed by atoms with E-state index in [4.69, 9.17) is 9.47 Å². The largest absolute Gasteiger partial charge is 0.444 e. The highest BCUT2D eigenvalue weighted by molar-refractivity contribution is 6.14. The molecule has 2 saturated heterocycles. The van der Waals surface area contributed by atoms with Crippen LogP contribution in [0.1, 0.15) is 74.1 Å². The number of hydrogen-bond donors (Lipinski definition) is 1. The minimum atomic E-state index is -1.34. The minimum absolute atomic E-state index is 0.158. The van der Waals surface area contributed by atoms with Crippen molar-refractivity contribution in [2.75, 3.05) is 0 Å². The highest BCUT2D eigenvalue weighted by atomic mass is 16.6. The molecule has 2 aliphatic heterocycles. The molecule has 4 fully saturated rings. The van der Waals surface area contributed by atoms with Gasteiger partial charge in [0, 0.05) is 0 Å². The summed E-state index contributed by atoms with van der Waals surface area (Å²) < 4.78 is 10.8. The number of Topliss-reactive ketones (excluding diaryl/α,β-unsaturated/α-hetero) is 1. The van der Waals surface area contributed by atoms with Crippen molar-refractivity contribution in [2.24, 2.45) is 11.3 Å². The van der Waals surface area contributed by atoms with Gasteiger partial charge in [-0.3, -0.25) is 9.59 Å². The van der Waals surface area contributed by atoms with Gasteiger partial charge in [0.2, 0.25) is 5.91 Å². The van der Waals surface area contributed by atoms with E-state index >= 15 is 0 Å². The Morgan fingerprint density at radius 1 is 1.03 bits per heavy atom. The van der Waals surface area contributed by atoms with Crippen molar-refractivity contribution >= 4 is 23.9 Å². The first-order chi connectivity index (χ1) is 13.1. The van der Waals surface area contributed by atoms with Gasteiger partial charge in [-0.25, -0.2) is 14.5 Å². The molecular formula is C21H32N2O6. The van der Waals surface area contributed by atoms with Crippen LogP contribution in [-0.4, -0.2) is 51.6 Å². The average molecular weight is 408 g/mol. The van der Waals surface area contributed by atoms with Crippen molar-refractivity contribution in [3.05, 3.63) is 0 Å². The number of ketones is 1. The normalized spacial score (nSPS) is 34.1. The SMILES string of the molecule is CC1CC2C(=O)C3(NC(=O)OC(C)(C)C)CCCC13C(=O)N2C(=O)OC(C)(C)C. The van der Waals surface area contributed by atoms with Gasteiger partial charge in [-0.05, 0) is 73.1 Å². The molecular weight excluding hydrogens is 376 g/mol. The third-order valence-electron chi connectivity index (χ3n) is 6.24. The van der Waals surface area contributed by atoms with E-state index < -0.39 is 46.3 Å². The molecule has 162 valence electrons. The van der Waals surface area contributed by atoms with Gasteiger partial charge in [0.1, 0.15) is 22.8 Å². The van der Waals surface area contributed by atoms with Gasteiger partial charge in [-0.2, -0.15) is 0 Å². The quantitative estimate of drug-likeness (QED) is 0.715. The topological polar surface area (TPSA) is 102 Å². The van der Waals surface area contributed by atoms with Crippen LogP contribution in [0.5, 0.6) is 0 Å². The fraction of sp³-hybridized carbons (Fsp3) is 0.810.